The third kappa shape index (κ3) is 5.63. The van der Waals surface area contributed by atoms with Gasteiger partial charge in [0.2, 0.25) is 0 Å². The third-order valence-corrected chi connectivity index (χ3v) is 15.6. The van der Waals surface area contributed by atoms with Crippen LogP contribution >= 0.6 is 0 Å². The number of para-hydroxylation sites is 1. The number of fused-ring (bicyclic) bond motifs is 4. The molecular weight excluding hydrogens is 785 g/mol. The van der Waals surface area contributed by atoms with E-state index in [-0.39, 0.29) is 11.0 Å². The average Bonchev–Trinajstić information content (AvgIpc) is 3.58. The van der Waals surface area contributed by atoms with Crippen LogP contribution in [-0.2, 0) is 5.41 Å². The second-order valence-electron chi connectivity index (χ2n) is 18.9. The summed E-state index contributed by atoms with van der Waals surface area (Å²) in [5.41, 5.74) is 15.7. The number of pyridine rings is 1. The van der Waals surface area contributed by atoms with Gasteiger partial charge in [-0.2, -0.15) is 0 Å². The van der Waals surface area contributed by atoms with Crippen molar-refractivity contribution < 1.29 is 0 Å². The van der Waals surface area contributed by atoms with Crippen LogP contribution < -0.4 is 4.90 Å². The summed E-state index contributed by atoms with van der Waals surface area (Å²) in [4.78, 5) is 8.28. The smallest absolute Gasteiger partial charge is 0.0715 e. The summed E-state index contributed by atoms with van der Waals surface area (Å²) < 4.78 is 0. The average molecular weight is 833 g/mol. The van der Waals surface area contributed by atoms with Gasteiger partial charge < -0.3 is 4.90 Å². The predicted molar refractivity (Wildman–Crippen MR) is 275 cm³/mol. The largest absolute Gasteiger partial charge is 0.334 e. The van der Waals surface area contributed by atoms with Crippen molar-refractivity contribution in [3.63, 3.8) is 0 Å². The summed E-state index contributed by atoms with van der Waals surface area (Å²) >= 11 is 0. The number of rotatable bonds is 6. The molecule has 0 saturated heterocycles. The lowest BCUT2D eigenvalue weighted by molar-refractivity contribution is 0.195. The van der Waals surface area contributed by atoms with Gasteiger partial charge in [0.15, 0.2) is 0 Å². The molecule has 0 amide bonds. The topological polar surface area (TPSA) is 16.1 Å². The number of aromatic nitrogens is 1. The molecule has 1 aromatic heterocycles. The molecule has 310 valence electrons. The first-order chi connectivity index (χ1) is 32.0. The Labute approximate surface area is 380 Å². The number of benzene rings is 10. The van der Waals surface area contributed by atoms with E-state index >= 15 is 0 Å². The lowest BCUT2D eigenvalue weighted by Gasteiger charge is -2.50. The molecule has 2 nitrogen and oxygen atoms in total. The minimum Gasteiger partial charge on any atom is -0.334 e. The minimum atomic E-state index is -0.00769. The van der Waals surface area contributed by atoms with Crippen molar-refractivity contribution in [2.75, 3.05) is 4.90 Å². The van der Waals surface area contributed by atoms with Crippen LogP contribution in [0.2, 0.25) is 0 Å². The number of hydrogen-bond acceptors (Lipinski definition) is 2. The van der Waals surface area contributed by atoms with Crippen LogP contribution in [0.1, 0.15) is 45.1 Å². The van der Waals surface area contributed by atoms with Crippen LogP contribution in [-0.4, -0.2) is 10.5 Å². The molecule has 0 spiro atoms. The van der Waals surface area contributed by atoms with Gasteiger partial charge in [0.05, 0.1) is 16.9 Å². The molecule has 2 heteroatoms. The van der Waals surface area contributed by atoms with Crippen molar-refractivity contribution in [1.82, 2.24) is 4.98 Å². The van der Waals surface area contributed by atoms with Crippen LogP contribution in [0.25, 0.3) is 99.0 Å². The Balaban J connectivity index is 1.05. The van der Waals surface area contributed by atoms with E-state index in [4.69, 9.17) is 4.98 Å². The third-order valence-electron chi connectivity index (χ3n) is 15.6. The van der Waals surface area contributed by atoms with Gasteiger partial charge in [-0.25, -0.2) is 4.98 Å². The SMILES string of the molecule is CC12CCCCC1(C)N(c1ccccc1)c1ccc(-c3cccc(-c4cc(-c5ccccc5)c5ccc6c(-c7cccc8ccccc78)cc(-c7ccccc7)c7ccc4c5c76)n3)cc12. The molecule has 65 heavy (non-hydrogen) atoms. The molecule has 0 radical (unpaired) electrons. The Kier molecular flexibility index (Phi) is 8.46. The number of nitrogens with zero attached hydrogens (tertiary/aromatic N) is 2. The van der Waals surface area contributed by atoms with Gasteiger partial charge in [-0.15, -0.1) is 0 Å². The van der Waals surface area contributed by atoms with Crippen LogP contribution in [0.4, 0.5) is 11.4 Å². The van der Waals surface area contributed by atoms with Crippen LogP contribution in [0.3, 0.4) is 0 Å². The highest BCUT2D eigenvalue weighted by atomic mass is 15.3. The van der Waals surface area contributed by atoms with Crippen LogP contribution in [0.5, 0.6) is 0 Å². The van der Waals surface area contributed by atoms with E-state index in [1.54, 1.807) is 0 Å². The van der Waals surface area contributed by atoms with E-state index in [2.05, 4.69) is 225 Å². The minimum absolute atomic E-state index is 0.00769. The Morgan fingerprint density at radius 2 is 0.954 bits per heavy atom. The molecule has 2 atom stereocenters. The fraction of sp³-hybridized carbons (Fsp3) is 0.127. The highest BCUT2D eigenvalue weighted by Gasteiger charge is 2.57. The first-order valence-corrected chi connectivity index (χ1v) is 23.3. The quantitative estimate of drug-likeness (QED) is 0.155. The van der Waals surface area contributed by atoms with Crippen molar-refractivity contribution in [3.05, 3.63) is 212 Å². The van der Waals surface area contributed by atoms with Crippen molar-refractivity contribution in [2.45, 2.75) is 50.5 Å². The Morgan fingerprint density at radius 3 is 1.66 bits per heavy atom. The first kappa shape index (κ1) is 38.0. The second kappa shape index (κ2) is 14.5. The fourth-order valence-corrected chi connectivity index (χ4v) is 12.2. The van der Waals surface area contributed by atoms with Gasteiger partial charge in [-0.1, -0.05) is 177 Å². The van der Waals surface area contributed by atoms with Gasteiger partial charge in [0.25, 0.3) is 0 Å². The molecule has 2 aliphatic rings. The Bertz CT molecular complexity index is 3630. The summed E-state index contributed by atoms with van der Waals surface area (Å²) in [7, 11) is 0. The van der Waals surface area contributed by atoms with Crippen molar-refractivity contribution in [2.24, 2.45) is 0 Å². The van der Waals surface area contributed by atoms with Crippen molar-refractivity contribution >= 4 is 54.5 Å². The molecule has 0 N–H and O–H groups in total. The number of hydrogen-bond donors (Lipinski definition) is 0. The lowest BCUT2D eigenvalue weighted by atomic mass is 9.61. The van der Waals surface area contributed by atoms with E-state index in [0.717, 1.165) is 17.0 Å². The summed E-state index contributed by atoms with van der Waals surface area (Å²) in [6, 6.07) is 76.5. The number of anilines is 2. The van der Waals surface area contributed by atoms with Crippen molar-refractivity contribution in [3.8, 4) is 55.9 Å². The van der Waals surface area contributed by atoms with E-state index < -0.39 is 0 Å². The summed E-state index contributed by atoms with van der Waals surface area (Å²) in [6.07, 6.45) is 4.85. The lowest BCUT2D eigenvalue weighted by Crippen LogP contribution is -2.54. The van der Waals surface area contributed by atoms with Gasteiger partial charge in [0.1, 0.15) is 0 Å². The Hall–Kier alpha value is -7.55. The molecule has 1 fully saturated rings. The maximum Gasteiger partial charge on any atom is 0.0715 e. The maximum atomic E-state index is 5.63. The van der Waals surface area contributed by atoms with Gasteiger partial charge in [0, 0.05) is 27.9 Å². The highest BCUT2D eigenvalue weighted by Crippen LogP contribution is 2.61. The maximum absolute atomic E-state index is 5.63. The molecule has 1 aliphatic carbocycles. The normalized spacial score (nSPS) is 18.2. The standard InChI is InChI=1S/C63H48N2/c1-62-36-14-15-37-63(62,2)65(45-24-10-5-11-25-45)59-35-30-44(38-56(59)62)57-28-17-29-58(64-57)55-40-53(43-20-8-4-9-21-43)49-31-33-50-54(47-27-16-23-41-22-12-13-26-46(41)47)39-52(42-18-6-3-7-19-42)48-32-34-51(55)61(49)60(48)50/h3-13,16-35,38-40H,14-15,36-37H2,1-2H3. The second-order valence-corrected chi connectivity index (χ2v) is 18.9. The molecule has 13 rings (SSSR count). The summed E-state index contributed by atoms with van der Waals surface area (Å²) in [5, 5.41) is 10.1. The summed E-state index contributed by atoms with van der Waals surface area (Å²) in [6.45, 7) is 5.02. The zero-order chi connectivity index (χ0) is 43.3. The highest BCUT2D eigenvalue weighted by molar-refractivity contribution is 6.32. The van der Waals surface area contributed by atoms with E-state index in [1.165, 1.54) is 125 Å². The van der Waals surface area contributed by atoms with Gasteiger partial charge in [-0.3, -0.25) is 0 Å². The zero-order valence-electron chi connectivity index (χ0n) is 36.9. The van der Waals surface area contributed by atoms with Gasteiger partial charge >= 0.3 is 0 Å². The van der Waals surface area contributed by atoms with Crippen LogP contribution in [0, 0.1) is 0 Å². The van der Waals surface area contributed by atoms with E-state index in [1.807, 2.05) is 0 Å². The molecule has 10 aromatic carbocycles. The fourth-order valence-electron chi connectivity index (χ4n) is 12.2. The molecule has 11 aromatic rings. The molecule has 2 unspecified atom stereocenters. The molecule has 1 aliphatic heterocycles. The molecule has 2 heterocycles. The van der Waals surface area contributed by atoms with Crippen molar-refractivity contribution in [1.29, 1.82) is 0 Å². The van der Waals surface area contributed by atoms with E-state index in [9.17, 15) is 0 Å². The zero-order valence-corrected chi connectivity index (χ0v) is 36.9. The van der Waals surface area contributed by atoms with Gasteiger partial charge in [-0.05, 0) is 150 Å². The van der Waals surface area contributed by atoms with Crippen LogP contribution in [0.15, 0.2) is 206 Å². The molecular formula is C63H48N2. The summed E-state index contributed by atoms with van der Waals surface area (Å²) in [5.74, 6) is 0. The molecule has 0 bridgehead atoms. The first-order valence-electron chi connectivity index (χ1n) is 23.3. The monoisotopic (exact) mass is 832 g/mol. The molecule has 1 saturated carbocycles. The predicted octanol–water partition coefficient (Wildman–Crippen LogP) is 17.2. The van der Waals surface area contributed by atoms with E-state index in [0.29, 0.717) is 0 Å². The Morgan fingerprint density at radius 1 is 0.400 bits per heavy atom.